The summed E-state index contributed by atoms with van der Waals surface area (Å²) in [6.07, 6.45) is 3.01. The molecule has 0 saturated carbocycles. The minimum Gasteiger partial charge on any atom is -0.456 e. The summed E-state index contributed by atoms with van der Waals surface area (Å²) >= 11 is 1.54. The number of aliphatic hydroxyl groups excluding tert-OH is 1. The number of amides is 1. The molecule has 7 heteroatoms. The van der Waals surface area contributed by atoms with E-state index in [0.717, 1.165) is 18.6 Å². The van der Waals surface area contributed by atoms with Crippen LogP contribution < -0.4 is 5.32 Å². The van der Waals surface area contributed by atoms with Crippen LogP contribution in [-0.4, -0.2) is 53.0 Å². The number of nitrogens with one attached hydrogen (secondary N) is 1. The van der Waals surface area contributed by atoms with Crippen LogP contribution in [-0.2, 0) is 14.3 Å². The monoisotopic (exact) mass is 409 g/mol. The van der Waals surface area contributed by atoms with Crippen LogP contribution in [0.2, 0.25) is 0 Å². The zero-order valence-corrected chi connectivity index (χ0v) is 17.5. The Kier molecular flexibility index (Phi) is 9.81. The number of unbranched alkanes of at least 4 members (excludes halogenated alkanes) is 3. The van der Waals surface area contributed by atoms with Crippen molar-refractivity contribution in [2.75, 3.05) is 12.3 Å². The number of carbonyl (C=O) groups is 2. The molecule has 1 amide bonds. The van der Waals surface area contributed by atoms with Crippen molar-refractivity contribution in [1.82, 2.24) is 5.32 Å². The van der Waals surface area contributed by atoms with Crippen molar-refractivity contribution in [2.24, 2.45) is 0 Å². The van der Waals surface area contributed by atoms with E-state index < -0.39 is 23.6 Å². The van der Waals surface area contributed by atoms with E-state index in [1.807, 2.05) is 6.07 Å². The van der Waals surface area contributed by atoms with Gasteiger partial charge in [-0.2, -0.15) is 0 Å². The predicted octanol–water partition coefficient (Wildman–Crippen LogP) is 3.14. The third-order valence-electron chi connectivity index (χ3n) is 4.61. The van der Waals surface area contributed by atoms with Crippen molar-refractivity contribution in [1.29, 1.82) is 0 Å². The maximum absolute atomic E-state index is 12.4. The average Bonchev–Trinajstić information content (AvgIpc) is 2.69. The molecule has 0 unspecified atom stereocenters. The number of rotatable bonds is 10. The Morgan fingerprint density at radius 3 is 2.68 bits per heavy atom. The molecule has 0 aliphatic carbocycles. The van der Waals surface area contributed by atoms with Crippen molar-refractivity contribution < 1.29 is 24.2 Å². The summed E-state index contributed by atoms with van der Waals surface area (Å²) in [6.45, 7) is 3.94. The van der Waals surface area contributed by atoms with Crippen LogP contribution in [0.4, 0.5) is 0 Å². The van der Waals surface area contributed by atoms with E-state index in [0.29, 0.717) is 18.5 Å². The number of hydrogen-bond acceptors (Lipinski definition) is 6. The Hall–Kier alpha value is -1.57. The van der Waals surface area contributed by atoms with Crippen LogP contribution >= 0.6 is 11.8 Å². The standard InChI is InChI=1S/C21H31NO5S/c1-3-4-5-9-12-28-21-19(24)18(13-17(26-21)14-22-15(2)23)27-20(25)16-10-7-6-8-11-16/h6-8,10-11,17-19,21,24H,3-5,9,12-14H2,1-2H3,(H,22,23)/t17-,18-,19-,21-/m0/s1. The fourth-order valence-electron chi connectivity index (χ4n) is 3.05. The van der Waals surface area contributed by atoms with Crippen molar-refractivity contribution in [3.8, 4) is 0 Å². The van der Waals surface area contributed by atoms with Crippen LogP contribution in [0.5, 0.6) is 0 Å². The summed E-state index contributed by atoms with van der Waals surface area (Å²) in [6, 6.07) is 8.73. The van der Waals surface area contributed by atoms with Crippen molar-refractivity contribution in [2.45, 2.75) is 69.7 Å². The van der Waals surface area contributed by atoms with Gasteiger partial charge in [0.25, 0.3) is 0 Å². The molecule has 0 spiro atoms. The molecular formula is C21H31NO5S. The van der Waals surface area contributed by atoms with E-state index in [2.05, 4.69) is 12.2 Å². The minimum absolute atomic E-state index is 0.142. The Labute approximate surface area is 171 Å². The van der Waals surface area contributed by atoms with E-state index in [9.17, 15) is 14.7 Å². The van der Waals surface area contributed by atoms with Crippen molar-refractivity contribution in [3.05, 3.63) is 35.9 Å². The normalized spacial score (nSPS) is 24.5. The molecule has 1 aromatic carbocycles. The molecule has 4 atom stereocenters. The molecule has 156 valence electrons. The molecule has 1 heterocycles. The zero-order chi connectivity index (χ0) is 20.4. The number of ether oxygens (including phenoxy) is 2. The van der Waals surface area contributed by atoms with Gasteiger partial charge in [-0.05, 0) is 24.3 Å². The lowest BCUT2D eigenvalue weighted by molar-refractivity contribution is -0.140. The predicted molar refractivity (Wildman–Crippen MR) is 110 cm³/mol. The second-order valence-corrected chi connectivity index (χ2v) is 8.24. The van der Waals surface area contributed by atoms with Gasteiger partial charge in [0.15, 0.2) is 0 Å². The van der Waals surface area contributed by atoms with Gasteiger partial charge >= 0.3 is 5.97 Å². The summed E-state index contributed by atoms with van der Waals surface area (Å²) < 4.78 is 11.6. The van der Waals surface area contributed by atoms with E-state index in [4.69, 9.17) is 9.47 Å². The van der Waals surface area contributed by atoms with Crippen molar-refractivity contribution >= 4 is 23.6 Å². The third-order valence-corrected chi connectivity index (χ3v) is 5.85. The molecule has 28 heavy (non-hydrogen) atoms. The fraction of sp³-hybridized carbons (Fsp3) is 0.619. The lowest BCUT2D eigenvalue weighted by Crippen LogP contribution is -2.51. The van der Waals surface area contributed by atoms with Crippen LogP contribution in [0.3, 0.4) is 0 Å². The topological polar surface area (TPSA) is 84.9 Å². The number of thioether (sulfide) groups is 1. The minimum atomic E-state index is -0.905. The largest absolute Gasteiger partial charge is 0.456 e. The Morgan fingerprint density at radius 1 is 1.25 bits per heavy atom. The maximum Gasteiger partial charge on any atom is 0.338 e. The van der Waals surface area contributed by atoms with Crippen LogP contribution in [0.25, 0.3) is 0 Å². The first kappa shape index (κ1) is 22.7. The van der Waals surface area contributed by atoms with Crippen molar-refractivity contribution in [3.63, 3.8) is 0 Å². The molecule has 0 bridgehead atoms. The van der Waals surface area contributed by atoms with E-state index in [-0.39, 0.29) is 12.0 Å². The van der Waals surface area contributed by atoms with Gasteiger partial charge in [-0.15, -0.1) is 11.8 Å². The van der Waals surface area contributed by atoms with E-state index in [1.165, 1.54) is 19.8 Å². The lowest BCUT2D eigenvalue weighted by Gasteiger charge is -2.38. The molecule has 2 rings (SSSR count). The maximum atomic E-state index is 12.4. The molecular weight excluding hydrogens is 378 g/mol. The van der Waals surface area contributed by atoms with Crippen LogP contribution in [0.15, 0.2) is 30.3 Å². The van der Waals surface area contributed by atoms with Gasteiger partial charge in [0.05, 0.1) is 11.7 Å². The number of benzene rings is 1. The van der Waals surface area contributed by atoms with E-state index >= 15 is 0 Å². The Bertz CT molecular complexity index is 612. The molecule has 1 fully saturated rings. The first-order valence-electron chi connectivity index (χ1n) is 9.96. The molecule has 0 aromatic heterocycles. The molecule has 1 aliphatic rings. The van der Waals surface area contributed by atoms with Gasteiger partial charge in [0, 0.05) is 19.9 Å². The highest BCUT2D eigenvalue weighted by atomic mass is 32.2. The Balaban J connectivity index is 1.97. The summed E-state index contributed by atoms with van der Waals surface area (Å²) in [4.78, 5) is 23.7. The zero-order valence-electron chi connectivity index (χ0n) is 16.6. The quantitative estimate of drug-likeness (QED) is 0.456. The first-order valence-corrected chi connectivity index (χ1v) is 11.0. The smallest absolute Gasteiger partial charge is 0.338 e. The number of aliphatic hydroxyl groups is 1. The summed E-state index contributed by atoms with van der Waals surface area (Å²) in [5, 5.41) is 13.5. The van der Waals surface area contributed by atoms with Crippen LogP contribution in [0, 0.1) is 0 Å². The Morgan fingerprint density at radius 2 is 2.00 bits per heavy atom. The summed E-state index contributed by atoms with van der Waals surface area (Å²) in [5.41, 5.74) is -0.0360. The highest BCUT2D eigenvalue weighted by Crippen LogP contribution is 2.31. The highest BCUT2D eigenvalue weighted by Gasteiger charge is 2.40. The second kappa shape index (κ2) is 12.1. The fourth-order valence-corrected chi connectivity index (χ4v) is 4.26. The number of hydrogen-bond donors (Lipinski definition) is 2. The first-order chi connectivity index (χ1) is 13.5. The second-order valence-electron chi connectivity index (χ2n) is 7.03. The molecule has 2 N–H and O–H groups in total. The van der Waals surface area contributed by atoms with Gasteiger partial charge in [-0.1, -0.05) is 44.4 Å². The van der Waals surface area contributed by atoms with Gasteiger partial charge in [-0.25, -0.2) is 4.79 Å². The average molecular weight is 410 g/mol. The highest BCUT2D eigenvalue weighted by molar-refractivity contribution is 7.99. The molecule has 1 aliphatic heterocycles. The van der Waals surface area contributed by atoms with E-state index in [1.54, 1.807) is 36.0 Å². The van der Waals surface area contributed by atoms with Crippen LogP contribution in [0.1, 0.15) is 56.3 Å². The molecule has 6 nitrogen and oxygen atoms in total. The molecule has 1 saturated heterocycles. The summed E-state index contributed by atoms with van der Waals surface area (Å²) in [7, 11) is 0. The van der Waals surface area contributed by atoms with Gasteiger partial charge in [0.2, 0.25) is 5.91 Å². The summed E-state index contributed by atoms with van der Waals surface area (Å²) in [5.74, 6) is 0.265. The van der Waals surface area contributed by atoms with Gasteiger partial charge in [-0.3, -0.25) is 4.79 Å². The molecule has 0 radical (unpaired) electrons. The number of carbonyl (C=O) groups excluding carboxylic acids is 2. The number of esters is 1. The molecule has 1 aromatic rings. The van der Waals surface area contributed by atoms with Gasteiger partial charge in [0.1, 0.15) is 17.6 Å². The lowest BCUT2D eigenvalue weighted by atomic mass is 10.0. The SMILES string of the molecule is CCCCCCS[C@@H]1O[C@H](CNC(C)=O)C[C@H](OC(=O)c2ccccc2)[C@@H]1O. The van der Waals surface area contributed by atoms with Gasteiger partial charge < -0.3 is 19.9 Å². The third kappa shape index (κ3) is 7.45.